The molecule has 0 aliphatic carbocycles. The van der Waals surface area contributed by atoms with Crippen molar-refractivity contribution in [2.24, 2.45) is 5.92 Å². The van der Waals surface area contributed by atoms with E-state index in [1.54, 1.807) is 0 Å². The van der Waals surface area contributed by atoms with Gasteiger partial charge in [-0.25, -0.2) is 0 Å². The fourth-order valence-corrected chi connectivity index (χ4v) is 6.04. The third-order valence-corrected chi connectivity index (χ3v) is 9.05. The van der Waals surface area contributed by atoms with E-state index in [-0.39, 0.29) is 18.5 Å². The summed E-state index contributed by atoms with van der Waals surface area (Å²) in [6, 6.07) is 0. The van der Waals surface area contributed by atoms with Crippen molar-refractivity contribution in [1.29, 1.82) is 0 Å². The zero-order valence-corrected chi connectivity index (χ0v) is 30.4. The number of esters is 2. The second kappa shape index (κ2) is 35.7. The summed E-state index contributed by atoms with van der Waals surface area (Å²) >= 11 is 0. The van der Waals surface area contributed by atoms with Crippen molar-refractivity contribution in [2.75, 3.05) is 39.5 Å². The van der Waals surface area contributed by atoms with E-state index in [1.807, 2.05) is 0 Å². The summed E-state index contributed by atoms with van der Waals surface area (Å²) in [5.41, 5.74) is 0. The van der Waals surface area contributed by atoms with Gasteiger partial charge in [0.2, 0.25) is 0 Å². The van der Waals surface area contributed by atoms with Crippen LogP contribution < -0.4 is 0 Å². The van der Waals surface area contributed by atoms with Gasteiger partial charge in [0.15, 0.2) is 0 Å². The maximum absolute atomic E-state index is 12.5. The number of carbonyl (C=O) groups excluding carboxylic acids is 2. The molecule has 1 N–H and O–H groups in total. The third kappa shape index (κ3) is 32.6. The van der Waals surface area contributed by atoms with Crippen LogP contribution in [0, 0.1) is 5.92 Å². The molecule has 0 aromatic heterocycles. The molecule has 0 unspecified atom stereocenters. The molecule has 0 saturated carbocycles. The van der Waals surface area contributed by atoms with Gasteiger partial charge in [0.25, 0.3) is 0 Å². The zero-order chi connectivity index (χ0) is 33.1. The molecular formula is C39H77NO5. The van der Waals surface area contributed by atoms with Crippen LogP contribution in [0.3, 0.4) is 0 Å². The van der Waals surface area contributed by atoms with Crippen LogP contribution in [0.5, 0.6) is 0 Å². The molecule has 6 heteroatoms. The molecule has 0 aromatic rings. The van der Waals surface area contributed by atoms with Crippen molar-refractivity contribution in [1.82, 2.24) is 4.90 Å². The van der Waals surface area contributed by atoms with Gasteiger partial charge in [0, 0.05) is 19.4 Å². The molecule has 0 heterocycles. The fourth-order valence-electron chi connectivity index (χ4n) is 6.04. The highest BCUT2D eigenvalue weighted by Crippen LogP contribution is 2.20. The molecule has 0 atom stereocenters. The topological polar surface area (TPSA) is 76.1 Å². The van der Waals surface area contributed by atoms with Crippen LogP contribution >= 0.6 is 0 Å². The van der Waals surface area contributed by atoms with Gasteiger partial charge in [-0.15, -0.1) is 0 Å². The van der Waals surface area contributed by atoms with E-state index in [1.165, 1.54) is 122 Å². The second-order valence-corrected chi connectivity index (χ2v) is 13.5. The van der Waals surface area contributed by atoms with Crippen LogP contribution in [0.15, 0.2) is 0 Å². The second-order valence-electron chi connectivity index (χ2n) is 13.5. The standard InChI is InChI=1S/C39H77NO5/c1-4-7-10-13-16-19-25-35-44-38(42)30-26-32-40(33-34-41)31-24-20-23-29-39(43)45-36-37(27-21-17-14-11-8-5-2)28-22-18-15-12-9-6-3/h37,41H,4-36H2,1-3H3. The molecular weight excluding hydrogens is 562 g/mol. The number of ether oxygens (including phenoxy) is 2. The summed E-state index contributed by atoms with van der Waals surface area (Å²) in [6.45, 7) is 10.3. The lowest BCUT2D eigenvalue weighted by atomic mass is 9.94. The Morgan fingerprint density at radius 2 is 0.956 bits per heavy atom. The smallest absolute Gasteiger partial charge is 0.305 e. The number of nitrogens with zero attached hydrogens (tertiary/aromatic N) is 1. The number of unbranched alkanes of at least 4 members (excludes halogenated alkanes) is 18. The van der Waals surface area contributed by atoms with Gasteiger partial charge < -0.3 is 19.5 Å². The first-order valence-electron chi connectivity index (χ1n) is 19.7. The maximum atomic E-state index is 12.5. The first kappa shape index (κ1) is 43.9. The van der Waals surface area contributed by atoms with Gasteiger partial charge >= 0.3 is 11.9 Å². The van der Waals surface area contributed by atoms with Gasteiger partial charge in [-0.3, -0.25) is 9.59 Å². The van der Waals surface area contributed by atoms with Crippen molar-refractivity contribution in [3.63, 3.8) is 0 Å². The Bertz CT molecular complexity index is 613. The van der Waals surface area contributed by atoms with Crippen molar-refractivity contribution in [3.05, 3.63) is 0 Å². The van der Waals surface area contributed by atoms with E-state index < -0.39 is 0 Å². The zero-order valence-electron chi connectivity index (χ0n) is 30.4. The molecule has 0 amide bonds. The summed E-state index contributed by atoms with van der Waals surface area (Å²) in [6.07, 6.45) is 31.1. The van der Waals surface area contributed by atoms with Crippen molar-refractivity contribution in [2.45, 2.75) is 194 Å². The highest BCUT2D eigenvalue weighted by molar-refractivity contribution is 5.69. The summed E-state index contributed by atoms with van der Waals surface area (Å²) in [5.74, 6) is 0.355. The predicted molar refractivity (Wildman–Crippen MR) is 191 cm³/mol. The lowest BCUT2D eigenvalue weighted by Crippen LogP contribution is -2.29. The average Bonchev–Trinajstić information content (AvgIpc) is 3.03. The number of rotatable bonds is 36. The molecule has 0 bridgehead atoms. The minimum absolute atomic E-state index is 0.0480. The number of hydrogen-bond donors (Lipinski definition) is 1. The molecule has 6 nitrogen and oxygen atoms in total. The lowest BCUT2D eigenvalue weighted by Gasteiger charge is -2.21. The number of carbonyl (C=O) groups is 2. The monoisotopic (exact) mass is 640 g/mol. The van der Waals surface area contributed by atoms with E-state index in [9.17, 15) is 14.7 Å². The Morgan fingerprint density at radius 3 is 1.51 bits per heavy atom. The summed E-state index contributed by atoms with van der Waals surface area (Å²) in [7, 11) is 0. The van der Waals surface area contributed by atoms with Crippen LogP contribution in [0.25, 0.3) is 0 Å². The van der Waals surface area contributed by atoms with Crippen LogP contribution in [0.4, 0.5) is 0 Å². The quantitative estimate of drug-likeness (QED) is 0.0543. The highest BCUT2D eigenvalue weighted by Gasteiger charge is 2.13. The van der Waals surface area contributed by atoms with E-state index in [0.29, 0.717) is 38.5 Å². The number of aliphatic hydroxyl groups is 1. The number of hydrogen-bond acceptors (Lipinski definition) is 6. The number of aliphatic hydroxyl groups excluding tert-OH is 1. The van der Waals surface area contributed by atoms with Gasteiger partial charge in [-0.1, -0.05) is 143 Å². The summed E-state index contributed by atoms with van der Waals surface area (Å²) in [5, 5.41) is 9.47. The molecule has 268 valence electrons. The molecule has 45 heavy (non-hydrogen) atoms. The molecule has 0 radical (unpaired) electrons. The molecule has 0 aliphatic heterocycles. The van der Waals surface area contributed by atoms with Crippen LogP contribution in [0.1, 0.15) is 194 Å². The molecule has 0 aliphatic rings. The largest absolute Gasteiger partial charge is 0.466 e. The average molecular weight is 640 g/mol. The van der Waals surface area contributed by atoms with Crippen LogP contribution in [-0.4, -0.2) is 61.4 Å². The lowest BCUT2D eigenvalue weighted by molar-refractivity contribution is -0.145. The fraction of sp³-hybridized carbons (Fsp3) is 0.949. The van der Waals surface area contributed by atoms with Crippen molar-refractivity contribution >= 4 is 11.9 Å². The van der Waals surface area contributed by atoms with E-state index >= 15 is 0 Å². The van der Waals surface area contributed by atoms with Gasteiger partial charge in [-0.2, -0.15) is 0 Å². The van der Waals surface area contributed by atoms with Crippen LogP contribution in [-0.2, 0) is 19.1 Å². The van der Waals surface area contributed by atoms with E-state index in [0.717, 1.165) is 51.6 Å². The van der Waals surface area contributed by atoms with Crippen molar-refractivity contribution < 1.29 is 24.2 Å². The molecule has 0 fully saturated rings. The Morgan fingerprint density at radius 1 is 0.511 bits per heavy atom. The third-order valence-electron chi connectivity index (χ3n) is 9.05. The molecule has 0 spiro atoms. The van der Waals surface area contributed by atoms with Crippen LogP contribution in [0.2, 0.25) is 0 Å². The minimum Gasteiger partial charge on any atom is -0.466 e. The molecule has 0 aromatic carbocycles. The van der Waals surface area contributed by atoms with Gasteiger partial charge in [-0.05, 0) is 57.5 Å². The molecule has 0 saturated heterocycles. The van der Waals surface area contributed by atoms with E-state index in [4.69, 9.17) is 9.47 Å². The Balaban J connectivity index is 4.09. The minimum atomic E-state index is -0.107. The van der Waals surface area contributed by atoms with Gasteiger partial charge in [0.1, 0.15) is 0 Å². The first-order valence-corrected chi connectivity index (χ1v) is 19.7. The Labute approximate surface area is 280 Å². The summed E-state index contributed by atoms with van der Waals surface area (Å²) in [4.78, 5) is 26.8. The Hall–Kier alpha value is -1.14. The Kier molecular flexibility index (Phi) is 34.8. The van der Waals surface area contributed by atoms with Gasteiger partial charge in [0.05, 0.1) is 19.8 Å². The first-order chi connectivity index (χ1) is 22.1. The summed E-state index contributed by atoms with van der Waals surface area (Å²) < 4.78 is 11.2. The highest BCUT2D eigenvalue weighted by atomic mass is 16.5. The normalized spacial score (nSPS) is 11.5. The SMILES string of the molecule is CCCCCCCCCOC(=O)CCCN(CCO)CCCCCC(=O)OCC(CCCCCCCC)CCCCCCCC. The molecule has 0 rings (SSSR count). The predicted octanol–water partition coefficient (Wildman–Crippen LogP) is 10.6. The van der Waals surface area contributed by atoms with Crippen molar-refractivity contribution in [3.8, 4) is 0 Å². The van der Waals surface area contributed by atoms with E-state index in [2.05, 4.69) is 25.7 Å². The maximum Gasteiger partial charge on any atom is 0.305 e.